The van der Waals surface area contributed by atoms with Crippen LogP contribution in [0, 0.1) is 0 Å². The minimum atomic E-state index is -0.132. The molecule has 0 N–H and O–H groups in total. The highest BCUT2D eigenvalue weighted by atomic mass is 16.5. The van der Waals surface area contributed by atoms with E-state index in [4.69, 9.17) is 9.15 Å². The maximum atomic E-state index is 7.02. The Kier molecular flexibility index (Phi) is 9.18. The minimum absolute atomic E-state index is 0.0000784. The van der Waals surface area contributed by atoms with Crippen molar-refractivity contribution in [3.8, 4) is 11.5 Å². The number of rotatable bonds is 4. The number of anilines is 6. The van der Waals surface area contributed by atoms with Crippen molar-refractivity contribution in [2.24, 2.45) is 0 Å². The molecule has 0 spiro atoms. The van der Waals surface area contributed by atoms with Gasteiger partial charge in [0.2, 0.25) is 0 Å². The lowest BCUT2D eigenvalue weighted by atomic mass is 9.34. The molecule has 0 radical (unpaired) electrons. The minimum Gasteiger partial charge on any atom is -0.458 e. The van der Waals surface area contributed by atoms with E-state index in [9.17, 15) is 0 Å². The normalized spacial score (nSPS) is 13.8. The first-order valence-electron chi connectivity index (χ1n) is 22.6. The Morgan fingerprint density at radius 1 is 0.476 bits per heavy atom. The summed E-state index contributed by atoms with van der Waals surface area (Å²) in [5.74, 6) is 1.78. The molecule has 63 heavy (non-hydrogen) atoms. The van der Waals surface area contributed by atoms with Crippen LogP contribution in [0.15, 0.2) is 144 Å². The third-order valence-corrected chi connectivity index (χ3v) is 13.4. The number of para-hydroxylation sites is 1. The fourth-order valence-corrected chi connectivity index (χ4v) is 9.71. The summed E-state index contributed by atoms with van der Waals surface area (Å²) in [4.78, 5) is 5.01. The molecule has 0 saturated heterocycles. The summed E-state index contributed by atoms with van der Waals surface area (Å²) < 4.78 is 13.9. The first kappa shape index (κ1) is 40.9. The van der Waals surface area contributed by atoms with Crippen LogP contribution in [0.1, 0.15) is 105 Å². The second-order valence-corrected chi connectivity index (χ2v) is 21.9. The summed E-state index contributed by atoms with van der Waals surface area (Å²) in [5, 5.41) is 2.16. The maximum Gasteiger partial charge on any atom is 0.256 e. The fourth-order valence-electron chi connectivity index (χ4n) is 9.71. The average Bonchev–Trinajstić information content (AvgIpc) is 3.61. The van der Waals surface area contributed by atoms with E-state index in [1.54, 1.807) is 0 Å². The van der Waals surface area contributed by atoms with Crippen LogP contribution in [0.5, 0.6) is 11.5 Å². The van der Waals surface area contributed by atoms with Crippen molar-refractivity contribution in [2.45, 2.75) is 105 Å². The molecule has 0 fully saturated rings. The van der Waals surface area contributed by atoms with Gasteiger partial charge in [-0.3, -0.25) is 0 Å². The smallest absolute Gasteiger partial charge is 0.256 e. The third-order valence-electron chi connectivity index (χ3n) is 13.4. The molecule has 1 aromatic heterocycles. The van der Waals surface area contributed by atoms with Gasteiger partial charge in [0.1, 0.15) is 22.7 Å². The molecule has 0 saturated carbocycles. The summed E-state index contributed by atoms with van der Waals surface area (Å²) in [6.07, 6.45) is 0. The molecule has 4 nitrogen and oxygen atoms in total. The number of ether oxygens (including phenoxy) is 1. The van der Waals surface area contributed by atoms with Crippen molar-refractivity contribution in [2.75, 3.05) is 9.80 Å². The predicted molar refractivity (Wildman–Crippen MR) is 269 cm³/mol. The summed E-state index contributed by atoms with van der Waals surface area (Å²) in [6, 6.07) is 51.9. The van der Waals surface area contributed by atoms with Crippen molar-refractivity contribution < 1.29 is 9.15 Å². The van der Waals surface area contributed by atoms with E-state index >= 15 is 0 Å². The van der Waals surface area contributed by atoms with Crippen LogP contribution in [-0.2, 0) is 21.7 Å². The van der Waals surface area contributed by atoms with Gasteiger partial charge < -0.3 is 19.0 Å². The Labute approximate surface area is 374 Å². The monoisotopic (exact) mass is 826 g/mol. The molecule has 0 aliphatic carbocycles. The quantitative estimate of drug-likeness (QED) is 0.165. The van der Waals surface area contributed by atoms with Crippen molar-refractivity contribution >= 4 is 79.2 Å². The van der Waals surface area contributed by atoms with Gasteiger partial charge in [-0.05, 0) is 127 Å². The maximum absolute atomic E-state index is 7.02. The van der Waals surface area contributed by atoms with Crippen LogP contribution in [0.25, 0.3) is 21.9 Å². The lowest BCUT2D eigenvalue weighted by Gasteiger charge is -2.43. The van der Waals surface area contributed by atoms with Gasteiger partial charge >= 0.3 is 0 Å². The van der Waals surface area contributed by atoms with Crippen LogP contribution in [0.3, 0.4) is 0 Å². The molecule has 7 aromatic carbocycles. The average molecular weight is 827 g/mol. The lowest BCUT2D eigenvalue weighted by molar-refractivity contribution is 0.486. The molecule has 0 amide bonds. The number of fused-ring (bicyclic) bond motifs is 7. The Hall–Kier alpha value is -6.20. The molecule has 0 unspecified atom stereocenters. The van der Waals surface area contributed by atoms with Crippen molar-refractivity contribution in [1.82, 2.24) is 0 Å². The zero-order valence-electron chi connectivity index (χ0n) is 39.1. The molecular formula is C58H59BN2O2. The molecule has 2 aliphatic rings. The van der Waals surface area contributed by atoms with Crippen LogP contribution in [-0.4, -0.2) is 6.71 Å². The van der Waals surface area contributed by atoms with E-state index in [2.05, 4.69) is 232 Å². The van der Waals surface area contributed by atoms with Gasteiger partial charge in [-0.25, -0.2) is 0 Å². The molecule has 3 heterocycles. The van der Waals surface area contributed by atoms with Gasteiger partial charge in [0.15, 0.2) is 0 Å². The highest BCUT2D eigenvalue weighted by molar-refractivity contribution is 6.99. The Morgan fingerprint density at radius 3 is 1.59 bits per heavy atom. The number of nitrogens with zero attached hydrogens (tertiary/aromatic N) is 2. The molecule has 316 valence electrons. The second kappa shape index (κ2) is 14.2. The van der Waals surface area contributed by atoms with Gasteiger partial charge in [-0.15, -0.1) is 0 Å². The number of benzene rings is 7. The number of hydrogen-bond donors (Lipinski definition) is 0. The topological polar surface area (TPSA) is 28.9 Å². The van der Waals surface area contributed by atoms with E-state index in [-0.39, 0.29) is 28.4 Å². The largest absolute Gasteiger partial charge is 0.458 e. The van der Waals surface area contributed by atoms with Crippen LogP contribution >= 0.6 is 0 Å². The molecular weight excluding hydrogens is 767 g/mol. The van der Waals surface area contributed by atoms with Gasteiger partial charge in [-0.2, -0.15) is 0 Å². The Balaban J connectivity index is 1.38. The Bertz CT molecular complexity index is 3000. The second-order valence-electron chi connectivity index (χ2n) is 21.9. The van der Waals surface area contributed by atoms with Crippen LogP contribution in [0.2, 0.25) is 0 Å². The lowest BCUT2D eigenvalue weighted by Crippen LogP contribution is -2.60. The zero-order valence-corrected chi connectivity index (χ0v) is 39.1. The summed E-state index contributed by atoms with van der Waals surface area (Å²) in [6.45, 7) is 27.3. The van der Waals surface area contributed by atoms with E-state index in [0.29, 0.717) is 0 Å². The molecule has 0 atom stereocenters. The molecule has 2 aliphatic heterocycles. The highest BCUT2D eigenvalue weighted by Crippen LogP contribution is 2.53. The Morgan fingerprint density at radius 2 is 1.02 bits per heavy atom. The fraction of sp³-hybridized carbons (Fsp3) is 0.276. The van der Waals surface area contributed by atoms with Gasteiger partial charge in [0.25, 0.3) is 6.71 Å². The highest BCUT2D eigenvalue weighted by Gasteiger charge is 2.45. The zero-order chi connectivity index (χ0) is 44.4. The number of hydrogen-bond acceptors (Lipinski definition) is 4. The molecule has 8 aromatic rings. The molecule has 5 heteroatoms. The first-order valence-corrected chi connectivity index (χ1v) is 22.6. The number of furan rings is 1. The summed E-state index contributed by atoms with van der Waals surface area (Å²) in [5.41, 5.74) is 16.9. The van der Waals surface area contributed by atoms with Gasteiger partial charge in [-0.1, -0.05) is 156 Å². The predicted octanol–water partition coefficient (Wildman–Crippen LogP) is 14.7. The molecule has 0 bridgehead atoms. The van der Waals surface area contributed by atoms with Gasteiger partial charge in [0.05, 0.1) is 16.8 Å². The summed E-state index contributed by atoms with van der Waals surface area (Å²) >= 11 is 0. The van der Waals surface area contributed by atoms with E-state index in [1.807, 2.05) is 0 Å². The van der Waals surface area contributed by atoms with Crippen molar-refractivity contribution in [3.63, 3.8) is 0 Å². The van der Waals surface area contributed by atoms with E-state index in [0.717, 1.165) is 67.6 Å². The standard InChI is InChI=1S/C58H59BN2O2/c1-55(2,3)36-20-27-40(28-21-36)60(41-29-22-37(23-30-41)56(4,5)6)54-51-43-16-13-14-18-47(43)62-50(51)35-45-53(54)61(42-31-24-38(25-32-42)57(7,8)9)46-17-15-19-49-52(46)59(45)44-34-39(58(10,11)12)26-33-48(44)63-49/h13-35H,1-12H3. The van der Waals surface area contributed by atoms with E-state index < -0.39 is 0 Å². The van der Waals surface area contributed by atoms with Crippen LogP contribution < -0.4 is 30.9 Å². The van der Waals surface area contributed by atoms with Crippen molar-refractivity contribution in [1.29, 1.82) is 0 Å². The summed E-state index contributed by atoms with van der Waals surface area (Å²) in [7, 11) is 0. The van der Waals surface area contributed by atoms with Gasteiger partial charge in [0, 0.05) is 28.1 Å². The van der Waals surface area contributed by atoms with Crippen molar-refractivity contribution in [3.05, 3.63) is 162 Å². The third kappa shape index (κ3) is 6.83. The molecule has 10 rings (SSSR count). The first-order chi connectivity index (χ1) is 29.8. The van der Waals surface area contributed by atoms with E-state index in [1.165, 1.54) is 38.6 Å². The van der Waals surface area contributed by atoms with Crippen LogP contribution in [0.4, 0.5) is 34.1 Å². The SMILES string of the molecule is CC(C)(C)c1ccc(N2c3cccc4c3B(c3cc(C(C)(C)C)ccc3O4)c3cc4oc5ccccc5c4c(N(c4ccc(C(C)(C)C)cc4)c4ccc(C(C)(C)C)cc4)c32)cc1.